The molecule has 6 nitrogen and oxygen atoms in total. The molecule has 0 spiro atoms. The summed E-state index contributed by atoms with van der Waals surface area (Å²) in [5.74, 6) is -0.873. The van der Waals surface area contributed by atoms with Crippen molar-refractivity contribution < 1.29 is 28.6 Å². The Morgan fingerprint density at radius 3 is 0.756 bits per heavy atom. The molecule has 0 aromatic heterocycles. The fourth-order valence-electron chi connectivity index (χ4n) is 10.0. The molecule has 0 aromatic rings. The summed E-state index contributed by atoms with van der Waals surface area (Å²) in [6.07, 6.45) is 85.2. The van der Waals surface area contributed by atoms with Crippen molar-refractivity contribution in [3.63, 3.8) is 0 Å². The summed E-state index contributed by atoms with van der Waals surface area (Å²) in [6.45, 7) is 6.62. The SMILES string of the molecule is CCCC/C=C\C/C=C\CCCCCCCC(=O)OCC(COC(=O)CCCCCCCCCCCCCCCCC/C=C\C/C=C\CCCCCCC)OC(=O)CCCCCCCCCCC/C=C\CCCCCCCC. The number of ether oxygens (including phenoxy) is 3. The maximum Gasteiger partial charge on any atom is 0.306 e. The van der Waals surface area contributed by atoms with Crippen molar-refractivity contribution in [1.82, 2.24) is 0 Å². The van der Waals surface area contributed by atoms with Crippen LogP contribution in [0.2, 0.25) is 0 Å². The van der Waals surface area contributed by atoms with E-state index in [4.69, 9.17) is 14.2 Å². The Morgan fingerprint density at radius 1 is 0.256 bits per heavy atom. The Morgan fingerprint density at radius 2 is 0.474 bits per heavy atom. The summed E-state index contributed by atoms with van der Waals surface area (Å²) < 4.78 is 17.0. The lowest BCUT2D eigenvalue weighted by Crippen LogP contribution is -2.30. The molecule has 1 atom stereocenters. The van der Waals surface area contributed by atoms with Gasteiger partial charge in [-0.3, -0.25) is 14.4 Å². The normalized spacial score (nSPS) is 12.4. The van der Waals surface area contributed by atoms with E-state index in [1.165, 1.54) is 238 Å². The maximum atomic E-state index is 12.9. The molecule has 6 heteroatoms. The first-order valence-corrected chi connectivity index (χ1v) is 34.3. The zero-order valence-electron chi connectivity index (χ0n) is 52.2. The Hall–Kier alpha value is -2.89. The number of carbonyl (C=O) groups excluding carboxylic acids is 3. The van der Waals surface area contributed by atoms with Crippen LogP contribution < -0.4 is 0 Å². The van der Waals surface area contributed by atoms with Gasteiger partial charge in [-0.1, -0.05) is 300 Å². The van der Waals surface area contributed by atoms with Crippen LogP contribution in [-0.4, -0.2) is 37.2 Å². The van der Waals surface area contributed by atoms with E-state index in [1.807, 2.05) is 0 Å². The van der Waals surface area contributed by atoms with E-state index in [9.17, 15) is 14.4 Å². The number of esters is 3. The third kappa shape index (κ3) is 63.9. The topological polar surface area (TPSA) is 78.9 Å². The molecule has 0 aliphatic rings. The van der Waals surface area contributed by atoms with Crippen LogP contribution in [0.15, 0.2) is 60.8 Å². The summed E-state index contributed by atoms with van der Waals surface area (Å²) in [5.41, 5.74) is 0. The second-order valence-electron chi connectivity index (χ2n) is 23.1. The van der Waals surface area contributed by atoms with Crippen molar-refractivity contribution in [2.24, 2.45) is 0 Å². The molecule has 0 rings (SSSR count). The molecule has 0 aliphatic carbocycles. The predicted octanol–water partition coefficient (Wildman–Crippen LogP) is 23.5. The smallest absolute Gasteiger partial charge is 0.306 e. The quantitative estimate of drug-likeness (QED) is 0.0261. The van der Waals surface area contributed by atoms with Gasteiger partial charge in [0, 0.05) is 19.3 Å². The minimum Gasteiger partial charge on any atom is -0.462 e. The minimum absolute atomic E-state index is 0.0768. The van der Waals surface area contributed by atoms with Crippen LogP contribution >= 0.6 is 0 Å². The highest BCUT2D eigenvalue weighted by Gasteiger charge is 2.19. The Bertz CT molecular complexity index is 1390. The second kappa shape index (κ2) is 66.6. The summed E-state index contributed by atoms with van der Waals surface area (Å²) in [4.78, 5) is 38.4. The van der Waals surface area contributed by atoms with E-state index < -0.39 is 6.10 Å². The summed E-state index contributed by atoms with van der Waals surface area (Å²) in [5, 5.41) is 0. The highest BCUT2D eigenvalue weighted by molar-refractivity contribution is 5.71. The van der Waals surface area contributed by atoms with Gasteiger partial charge in [0.25, 0.3) is 0 Å². The van der Waals surface area contributed by atoms with Gasteiger partial charge in [0.15, 0.2) is 6.10 Å². The van der Waals surface area contributed by atoms with Gasteiger partial charge in [0.2, 0.25) is 0 Å². The molecule has 0 heterocycles. The lowest BCUT2D eigenvalue weighted by atomic mass is 10.0. The summed E-state index contributed by atoms with van der Waals surface area (Å²) in [6, 6.07) is 0. The van der Waals surface area contributed by atoms with Crippen LogP contribution in [0.25, 0.3) is 0 Å². The molecule has 0 radical (unpaired) electrons. The lowest BCUT2D eigenvalue weighted by Gasteiger charge is -2.18. The van der Waals surface area contributed by atoms with E-state index in [0.717, 1.165) is 83.5 Å². The molecule has 1 unspecified atom stereocenters. The number of carbonyl (C=O) groups is 3. The first-order chi connectivity index (χ1) is 38.5. The van der Waals surface area contributed by atoms with Crippen molar-refractivity contribution in [2.75, 3.05) is 13.2 Å². The van der Waals surface area contributed by atoms with Crippen molar-refractivity contribution in [3.8, 4) is 0 Å². The molecule has 0 saturated carbocycles. The predicted molar refractivity (Wildman–Crippen MR) is 339 cm³/mol. The Labute approximate surface area is 485 Å². The molecule has 0 bridgehead atoms. The molecule has 454 valence electrons. The van der Waals surface area contributed by atoms with Gasteiger partial charge in [-0.05, 0) is 103 Å². The Kier molecular flexibility index (Phi) is 64.2. The van der Waals surface area contributed by atoms with Crippen LogP contribution in [0.4, 0.5) is 0 Å². The fourth-order valence-corrected chi connectivity index (χ4v) is 10.0. The first-order valence-electron chi connectivity index (χ1n) is 34.3. The molecule has 0 fully saturated rings. The zero-order valence-corrected chi connectivity index (χ0v) is 52.2. The van der Waals surface area contributed by atoms with Crippen molar-refractivity contribution in [2.45, 2.75) is 367 Å². The third-order valence-electron chi connectivity index (χ3n) is 15.2. The van der Waals surface area contributed by atoms with E-state index in [-0.39, 0.29) is 31.1 Å². The molecule has 0 saturated heterocycles. The van der Waals surface area contributed by atoms with E-state index >= 15 is 0 Å². The Balaban J connectivity index is 4.26. The highest BCUT2D eigenvalue weighted by Crippen LogP contribution is 2.17. The van der Waals surface area contributed by atoms with E-state index in [1.54, 1.807) is 0 Å². The average molecular weight is 1090 g/mol. The molecule has 78 heavy (non-hydrogen) atoms. The summed E-state index contributed by atoms with van der Waals surface area (Å²) in [7, 11) is 0. The van der Waals surface area contributed by atoms with Crippen LogP contribution in [0.5, 0.6) is 0 Å². The van der Waals surface area contributed by atoms with Crippen LogP contribution in [0, 0.1) is 0 Å². The number of hydrogen-bond acceptors (Lipinski definition) is 6. The standard InChI is InChI=1S/C72H130O6/c1-4-7-10-13-16-19-22-25-28-30-32-33-34-35-36-37-38-39-41-42-44-47-50-53-56-59-62-65-71(74)77-68-69(67-76-70(73)64-61-58-55-52-49-46-27-24-21-18-15-12-9-6-3)78-72(75)66-63-60-57-54-51-48-45-43-40-31-29-26-23-20-17-14-11-8-5-2/h15,18,22,24-27,29-30,32,69H,4-14,16-17,19-21,23,28,31,33-68H2,1-3H3/b18-15-,25-22-,27-24-,29-26-,32-30-. The largest absolute Gasteiger partial charge is 0.462 e. The van der Waals surface area contributed by atoms with Gasteiger partial charge in [0.05, 0.1) is 0 Å². The van der Waals surface area contributed by atoms with Gasteiger partial charge in [-0.25, -0.2) is 0 Å². The number of hydrogen-bond donors (Lipinski definition) is 0. The summed E-state index contributed by atoms with van der Waals surface area (Å²) >= 11 is 0. The van der Waals surface area contributed by atoms with Crippen LogP contribution in [0.1, 0.15) is 361 Å². The third-order valence-corrected chi connectivity index (χ3v) is 15.2. The highest BCUT2D eigenvalue weighted by atomic mass is 16.6. The van der Waals surface area contributed by atoms with Gasteiger partial charge < -0.3 is 14.2 Å². The first kappa shape index (κ1) is 75.1. The van der Waals surface area contributed by atoms with E-state index in [2.05, 4.69) is 81.5 Å². The van der Waals surface area contributed by atoms with Crippen LogP contribution in [0.3, 0.4) is 0 Å². The van der Waals surface area contributed by atoms with Gasteiger partial charge >= 0.3 is 17.9 Å². The second-order valence-corrected chi connectivity index (χ2v) is 23.1. The number of unbranched alkanes of at least 4 members (excludes halogenated alkanes) is 42. The van der Waals surface area contributed by atoms with E-state index in [0.29, 0.717) is 19.3 Å². The van der Waals surface area contributed by atoms with Crippen molar-refractivity contribution in [1.29, 1.82) is 0 Å². The fraction of sp³-hybridized carbons (Fsp3) is 0.819. The molecule has 0 amide bonds. The monoisotopic (exact) mass is 1090 g/mol. The minimum atomic E-state index is -0.781. The molecular formula is C72H130O6. The number of allylic oxidation sites excluding steroid dienone is 10. The lowest BCUT2D eigenvalue weighted by molar-refractivity contribution is -0.167. The molecule has 0 aliphatic heterocycles. The maximum absolute atomic E-state index is 12.9. The van der Waals surface area contributed by atoms with Crippen molar-refractivity contribution in [3.05, 3.63) is 60.8 Å². The van der Waals surface area contributed by atoms with Gasteiger partial charge in [-0.2, -0.15) is 0 Å². The zero-order chi connectivity index (χ0) is 56.4. The molecule has 0 N–H and O–H groups in total. The van der Waals surface area contributed by atoms with Crippen LogP contribution in [-0.2, 0) is 28.6 Å². The van der Waals surface area contributed by atoms with Gasteiger partial charge in [0.1, 0.15) is 13.2 Å². The van der Waals surface area contributed by atoms with Crippen molar-refractivity contribution >= 4 is 17.9 Å². The molecule has 0 aromatic carbocycles. The average Bonchev–Trinajstić information content (AvgIpc) is 3.44. The van der Waals surface area contributed by atoms with Gasteiger partial charge in [-0.15, -0.1) is 0 Å². The molecular weight excluding hydrogens is 961 g/mol. The number of rotatable bonds is 63.